The number of carbonyl (C=O) groups excluding carboxylic acids is 1. The minimum Gasteiger partial charge on any atom is -0.494 e. The van der Waals surface area contributed by atoms with Crippen LogP contribution in [0.1, 0.15) is 35.1 Å². The minimum absolute atomic E-state index is 0.133. The standard InChI is InChI=1S/C15H16FN3O2S/c1-9-17-18-15(19(9)11-4-5-11)22-8-13(20)10-3-6-14(21-2)12(16)7-10/h3,6-7,11H,4-5,8H2,1-2H3. The number of thioether (sulfide) groups is 1. The first-order chi connectivity index (χ1) is 10.6. The molecule has 0 spiro atoms. The van der Waals surface area contributed by atoms with E-state index in [1.165, 1.54) is 31.0 Å². The molecule has 0 bridgehead atoms. The molecule has 22 heavy (non-hydrogen) atoms. The zero-order valence-corrected chi connectivity index (χ0v) is 13.2. The Morgan fingerprint density at radius 2 is 2.23 bits per heavy atom. The third-order valence-electron chi connectivity index (χ3n) is 3.55. The summed E-state index contributed by atoms with van der Waals surface area (Å²) in [6.07, 6.45) is 2.26. The monoisotopic (exact) mass is 321 g/mol. The van der Waals surface area contributed by atoms with Gasteiger partial charge in [0.15, 0.2) is 22.5 Å². The van der Waals surface area contributed by atoms with Crippen molar-refractivity contribution in [3.8, 4) is 5.75 Å². The summed E-state index contributed by atoms with van der Waals surface area (Å²) in [7, 11) is 1.39. The van der Waals surface area contributed by atoms with Crippen molar-refractivity contribution in [3.63, 3.8) is 0 Å². The lowest BCUT2D eigenvalue weighted by atomic mass is 10.1. The van der Waals surface area contributed by atoms with Gasteiger partial charge < -0.3 is 9.30 Å². The number of carbonyl (C=O) groups is 1. The lowest BCUT2D eigenvalue weighted by Crippen LogP contribution is -2.06. The molecule has 5 nitrogen and oxygen atoms in total. The summed E-state index contributed by atoms with van der Waals surface area (Å²) in [5, 5.41) is 8.94. The fraction of sp³-hybridized carbons (Fsp3) is 0.400. The van der Waals surface area contributed by atoms with E-state index in [2.05, 4.69) is 14.8 Å². The first kappa shape index (κ1) is 15.0. The van der Waals surface area contributed by atoms with Crippen molar-refractivity contribution in [2.45, 2.75) is 31.0 Å². The van der Waals surface area contributed by atoms with Crippen LogP contribution in [0.5, 0.6) is 5.75 Å². The van der Waals surface area contributed by atoms with Crippen molar-refractivity contribution < 1.29 is 13.9 Å². The number of ether oxygens (including phenoxy) is 1. The average molecular weight is 321 g/mol. The number of methoxy groups -OCH3 is 1. The van der Waals surface area contributed by atoms with Gasteiger partial charge in [-0.3, -0.25) is 4.79 Å². The molecule has 2 aromatic rings. The molecule has 1 saturated carbocycles. The number of nitrogens with zero attached hydrogens (tertiary/aromatic N) is 3. The van der Waals surface area contributed by atoms with Gasteiger partial charge in [0, 0.05) is 11.6 Å². The first-order valence-corrected chi connectivity index (χ1v) is 7.99. The SMILES string of the molecule is COc1ccc(C(=O)CSc2nnc(C)n2C2CC2)cc1F. The van der Waals surface area contributed by atoms with Gasteiger partial charge in [-0.25, -0.2) is 4.39 Å². The van der Waals surface area contributed by atoms with E-state index in [-0.39, 0.29) is 17.3 Å². The number of aromatic nitrogens is 3. The molecule has 1 aliphatic rings. The van der Waals surface area contributed by atoms with E-state index in [0.29, 0.717) is 11.6 Å². The van der Waals surface area contributed by atoms with Gasteiger partial charge in [-0.1, -0.05) is 11.8 Å². The van der Waals surface area contributed by atoms with Gasteiger partial charge in [0.2, 0.25) is 0 Å². The summed E-state index contributed by atoms with van der Waals surface area (Å²) in [5.41, 5.74) is 0.333. The molecular weight excluding hydrogens is 305 g/mol. The van der Waals surface area contributed by atoms with Gasteiger partial charge in [0.25, 0.3) is 0 Å². The van der Waals surface area contributed by atoms with Crippen LogP contribution in [0.3, 0.4) is 0 Å². The predicted molar refractivity (Wildman–Crippen MR) is 81.0 cm³/mol. The summed E-state index contributed by atoms with van der Waals surface area (Å²) in [6.45, 7) is 1.91. The summed E-state index contributed by atoms with van der Waals surface area (Å²) < 4.78 is 20.6. The number of benzene rings is 1. The Morgan fingerprint density at radius 1 is 1.45 bits per heavy atom. The third-order valence-corrected chi connectivity index (χ3v) is 4.50. The third kappa shape index (κ3) is 2.99. The molecular formula is C15H16FN3O2S. The maximum atomic E-state index is 13.6. The lowest BCUT2D eigenvalue weighted by Gasteiger charge is -2.07. The second kappa shape index (κ2) is 6.08. The molecule has 116 valence electrons. The largest absolute Gasteiger partial charge is 0.494 e. The van der Waals surface area contributed by atoms with E-state index in [1.807, 2.05) is 6.92 Å². The van der Waals surface area contributed by atoms with Crippen LogP contribution < -0.4 is 4.74 Å². The van der Waals surface area contributed by atoms with Gasteiger partial charge in [-0.15, -0.1) is 10.2 Å². The number of Topliss-reactive ketones (excluding diaryl/α,β-unsaturated/α-hetero) is 1. The topological polar surface area (TPSA) is 57.0 Å². The molecule has 0 N–H and O–H groups in total. The highest BCUT2D eigenvalue weighted by Gasteiger charge is 2.28. The van der Waals surface area contributed by atoms with Gasteiger partial charge in [0.05, 0.1) is 12.9 Å². The van der Waals surface area contributed by atoms with Crippen molar-refractivity contribution in [1.82, 2.24) is 14.8 Å². The van der Waals surface area contributed by atoms with Crippen LogP contribution in [0, 0.1) is 12.7 Å². The zero-order valence-electron chi connectivity index (χ0n) is 12.4. The van der Waals surface area contributed by atoms with Crippen LogP contribution in [0.2, 0.25) is 0 Å². The Balaban J connectivity index is 1.69. The van der Waals surface area contributed by atoms with E-state index < -0.39 is 5.82 Å². The molecule has 0 unspecified atom stereocenters. The smallest absolute Gasteiger partial charge is 0.191 e. The van der Waals surface area contributed by atoms with Gasteiger partial charge in [-0.05, 0) is 38.0 Å². The fourth-order valence-electron chi connectivity index (χ4n) is 2.25. The molecule has 0 aliphatic heterocycles. The van der Waals surface area contributed by atoms with Crippen molar-refractivity contribution in [3.05, 3.63) is 35.4 Å². The second-order valence-electron chi connectivity index (χ2n) is 5.19. The molecule has 7 heteroatoms. The predicted octanol–water partition coefficient (Wildman–Crippen LogP) is 3.04. The number of halogens is 1. The van der Waals surface area contributed by atoms with Gasteiger partial charge in [-0.2, -0.15) is 0 Å². The Morgan fingerprint density at radius 3 is 2.86 bits per heavy atom. The Bertz CT molecular complexity index is 713. The summed E-state index contributed by atoms with van der Waals surface area (Å²) in [4.78, 5) is 12.2. The molecule has 3 rings (SSSR count). The quantitative estimate of drug-likeness (QED) is 0.604. The number of aryl methyl sites for hydroxylation is 1. The van der Waals surface area contributed by atoms with E-state index in [4.69, 9.17) is 4.74 Å². The summed E-state index contributed by atoms with van der Waals surface area (Å²) in [5.74, 6) is 0.530. The molecule has 0 atom stereocenters. The van der Waals surface area contributed by atoms with E-state index in [9.17, 15) is 9.18 Å². The van der Waals surface area contributed by atoms with E-state index >= 15 is 0 Å². The molecule has 1 aromatic heterocycles. The lowest BCUT2D eigenvalue weighted by molar-refractivity contribution is 0.102. The van der Waals surface area contributed by atoms with Crippen LogP contribution >= 0.6 is 11.8 Å². The summed E-state index contributed by atoms with van der Waals surface area (Å²) >= 11 is 1.34. The summed E-state index contributed by atoms with van der Waals surface area (Å²) in [6, 6.07) is 4.70. The van der Waals surface area contributed by atoms with Crippen molar-refractivity contribution in [2.75, 3.05) is 12.9 Å². The zero-order chi connectivity index (χ0) is 15.7. The van der Waals surface area contributed by atoms with Crippen LogP contribution in [0.15, 0.2) is 23.4 Å². The minimum atomic E-state index is -0.532. The molecule has 1 aliphatic carbocycles. The Hall–Kier alpha value is -1.89. The molecule has 1 aromatic carbocycles. The second-order valence-corrected chi connectivity index (χ2v) is 6.13. The van der Waals surface area contributed by atoms with Crippen molar-refractivity contribution in [2.24, 2.45) is 0 Å². The number of hydrogen-bond acceptors (Lipinski definition) is 5. The maximum absolute atomic E-state index is 13.6. The molecule has 1 heterocycles. The average Bonchev–Trinajstić information content (AvgIpc) is 3.28. The van der Waals surface area contributed by atoms with Gasteiger partial charge >= 0.3 is 0 Å². The first-order valence-electron chi connectivity index (χ1n) is 7.01. The normalized spacial score (nSPS) is 14.1. The highest BCUT2D eigenvalue weighted by Crippen LogP contribution is 2.38. The van der Waals surface area contributed by atoms with Crippen LogP contribution in [-0.2, 0) is 0 Å². The maximum Gasteiger partial charge on any atom is 0.191 e. The molecule has 1 fully saturated rings. The van der Waals surface area contributed by atoms with E-state index in [1.54, 1.807) is 6.07 Å². The molecule has 0 radical (unpaired) electrons. The van der Waals surface area contributed by atoms with Gasteiger partial charge in [0.1, 0.15) is 5.82 Å². The van der Waals surface area contributed by atoms with Crippen LogP contribution in [0.25, 0.3) is 0 Å². The van der Waals surface area contributed by atoms with E-state index in [0.717, 1.165) is 23.8 Å². The number of ketones is 1. The number of rotatable bonds is 6. The molecule has 0 amide bonds. The highest BCUT2D eigenvalue weighted by atomic mass is 32.2. The van der Waals surface area contributed by atoms with Crippen LogP contribution in [0.4, 0.5) is 4.39 Å². The van der Waals surface area contributed by atoms with Crippen molar-refractivity contribution >= 4 is 17.5 Å². The van der Waals surface area contributed by atoms with Crippen LogP contribution in [-0.4, -0.2) is 33.4 Å². The molecule has 0 saturated heterocycles. The van der Waals surface area contributed by atoms with Crippen molar-refractivity contribution in [1.29, 1.82) is 0 Å². The Kier molecular flexibility index (Phi) is 4.15. The highest BCUT2D eigenvalue weighted by molar-refractivity contribution is 7.99. The fourth-order valence-corrected chi connectivity index (χ4v) is 3.20. The Labute approximate surface area is 131 Å². The number of hydrogen-bond donors (Lipinski definition) is 0.